The Balaban J connectivity index is 3.19. The van der Waals surface area contributed by atoms with Crippen LogP contribution in [-0.4, -0.2) is 41.2 Å². The Bertz CT molecular complexity index is 549. The summed E-state index contributed by atoms with van der Waals surface area (Å²) >= 11 is 0. The van der Waals surface area contributed by atoms with E-state index in [9.17, 15) is 9.59 Å². The summed E-state index contributed by atoms with van der Waals surface area (Å²) in [6, 6.07) is 1.10. The van der Waals surface area contributed by atoms with Crippen molar-refractivity contribution in [2.45, 2.75) is 39.7 Å². The molecule has 6 heteroatoms. The number of rotatable bonds is 7. The van der Waals surface area contributed by atoms with Crippen LogP contribution in [0.1, 0.15) is 37.6 Å². The van der Waals surface area contributed by atoms with Crippen molar-refractivity contribution in [2.24, 2.45) is 11.7 Å². The van der Waals surface area contributed by atoms with Gasteiger partial charge in [0, 0.05) is 18.5 Å². The monoisotopic (exact) mass is 294 g/mol. The second-order valence-corrected chi connectivity index (χ2v) is 6.17. The van der Waals surface area contributed by atoms with Gasteiger partial charge in [-0.15, -0.1) is 0 Å². The van der Waals surface area contributed by atoms with Crippen LogP contribution in [0.25, 0.3) is 0 Å². The van der Waals surface area contributed by atoms with Gasteiger partial charge in [0.25, 0.3) is 5.56 Å². The van der Waals surface area contributed by atoms with E-state index in [1.165, 1.54) is 4.68 Å². The summed E-state index contributed by atoms with van der Waals surface area (Å²) in [7, 11) is 3.96. The molecule has 0 aliphatic carbocycles. The van der Waals surface area contributed by atoms with Crippen molar-refractivity contribution in [3.8, 4) is 0 Å². The fourth-order valence-electron chi connectivity index (χ4n) is 2.16. The van der Waals surface area contributed by atoms with Crippen LogP contribution in [0.4, 0.5) is 0 Å². The Morgan fingerprint density at radius 2 is 2.05 bits per heavy atom. The molecular weight excluding hydrogens is 268 g/mol. The quantitative estimate of drug-likeness (QED) is 0.804. The zero-order valence-electron chi connectivity index (χ0n) is 13.6. The molecule has 0 unspecified atom stereocenters. The summed E-state index contributed by atoms with van der Waals surface area (Å²) in [5.74, 6) is -0.260. The normalized spacial score (nSPS) is 12.9. The smallest absolute Gasteiger partial charge is 0.270 e. The Labute approximate surface area is 125 Å². The van der Waals surface area contributed by atoms with Crippen molar-refractivity contribution in [1.29, 1.82) is 0 Å². The molecule has 1 heterocycles. The zero-order chi connectivity index (χ0) is 16.2. The van der Waals surface area contributed by atoms with Crippen molar-refractivity contribution < 1.29 is 4.79 Å². The van der Waals surface area contributed by atoms with Gasteiger partial charge in [-0.1, -0.05) is 13.8 Å². The Hall–Kier alpha value is -1.69. The molecule has 0 bridgehead atoms. The molecule has 0 fully saturated rings. The summed E-state index contributed by atoms with van der Waals surface area (Å²) in [4.78, 5) is 26.0. The Morgan fingerprint density at radius 3 is 2.52 bits per heavy atom. The van der Waals surface area contributed by atoms with Gasteiger partial charge in [0.15, 0.2) is 0 Å². The minimum absolute atomic E-state index is 0.243. The molecule has 1 rings (SSSR count). The van der Waals surface area contributed by atoms with Crippen LogP contribution in [0.5, 0.6) is 0 Å². The number of nitrogens with two attached hydrogens (primary N) is 1. The highest BCUT2D eigenvalue weighted by atomic mass is 16.2. The van der Waals surface area contributed by atoms with Crippen LogP contribution in [0.15, 0.2) is 10.9 Å². The molecule has 2 N–H and O–H groups in total. The highest BCUT2D eigenvalue weighted by molar-refractivity contribution is 5.78. The molecular formula is C15H26N4O2. The summed E-state index contributed by atoms with van der Waals surface area (Å²) in [6.07, 6.45) is 1.24. The van der Waals surface area contributed by atoms with Gasteiger partial charge >= 0.3 is 0 Å². The van der Waals surface area contributed by atoms with Crippen LogP contribution < -0.4 is 11.3 Å². The van der Waals surface area contributed by atoms with Gasteiger partial charge in [0.1, 0.15) is 6.04 Å². The molecule has 0 spiro atoms. The number of aryl methyl sites for hydroxylation is 1. The van der Waals surface area contributed by atoms with Gasteiger partial charge in [-0.2, -0.15) is 5.10 Å². The Morgan fingerprint density at radius 1 is 1.43 bits per heavy atom. The summed E-state index contributed by atoms with van der Waals surface area (Å²) < 4.78 is 1.27. The fraction of sp³-hybridized carbons (Fsp3) is 0.667. The van der Waals surface area contributed by atoms with Crippen molar-refractivity contribution in [3.63, 3.8) is 0 Å². The van der Waals surface area contributed by atoms with Crippen LogP contribution in [0.3, 0.4) is 0 Å². The van der Waals surface area contributed by atoms with Crippen molar-refractivity contribution in [3.05, 3.63) is 27.7 Å². The molecule has 1 aromatic heterocycles. The van der Waals surface area contributed by atoms with E-state index in [-0.39, 0.29) is 11.5 Å². The number of hydrogen-bond acceptors (Lipinski definition) is 4. The average molecular weight is 294 g/mol. The number of hydrogen-bond donors (Lipinski definition) is 1. The highest BCUT2D eigenvalue weighted by Gasteiger charge is 2.22. The van der Waals surface area contributed by atoms with Crippen molar-refractivity contribution in [1.82, 2.24) is 14.7 Å². The number of nitrogens with zero attached hydrogens (tertiary/aromatic N) is 3. The lowest BCUT2D eigenvalue weighted by molar-refractivity contribution is -0.122. The molecule has 6 nitrogen and oxygen atoms in total. The molecule has 1 aromatic rings. The first-order chi connectivity index (χ1) is 9.72. The van der Waals surface area contributed by atoms with Gasteiger partial charge < -0.3 is 10.6 Å². The van der Waals surface area contributed by atoms with E-state index in [0.717, 1.165) is 18.7 Å². The topological polar surface area (TPSA) is 81.2 Å². The lowest BCUT2D eigenvalue weighted by Crippen LogP contribution is -2.38. The summed E-state index contributed by atoms with van der Waals surface area (Å²) in [5, 5.41) is 4.36. The molecule has 1 amide bonds. The van der Waals surface area contributed by atoms with Gasteiger partial charge in [-0.05, 0) is 39.4 Å². The second-order valence-electron chi connectivity index (χ2n) is 6.17. The van der Waals surface area contributed by atoms with Gasteiger partial charge in [-0.25, -0.2) is 4.68 Å². The van der Waals surface area contributed by atoms with Crippen LogP contribution in [0, 0.1) is 12.8 Å². The van der Waals surface area contributed by atoms with E-state index >= 15 is 0 Å². The predicted molar refractivity (Wildman–Crippen MR) is 83.2 cm³/mol. The van der Waals surface area contributed by atoms with Crippen molar-refractivity contribution >= 4 is 5.91 Å². The Kier molecular flexibility index (Phi) is 6.08. The molecule has 0 aliphatic heterocycles. The maximum atomic E-state index is 12.3. The number of amides is 1. The minimum atomic E-state index is -0.685. The lowest BCUT2D eigenvalue weighted by Gasteiger charge is -2.19. The molecule has 0 radical (unpaired) electrons. The first kappa shape index (κ1) is 17.4. The third-order valence-electron chi connectivity index (χ3n) is 3.30. The predicted octanol–water partition coefficient (Wildman–Crippen LogP) is 0.728. The van der Waals surface area contributed by atoms with E-state index in [4.69, 9.17) is 5.73 Å². The SMILES string of the molecule is Cc1cc(CCN(C)C)nn([C@@H](CC(C)C)C(N)=O)c1=O. The number of likely N-dealkylation sites (N-methyl/N-ethyl adjacent to an activating group) is 1. The maximum Gasteiger partial charge on any atom is 0.270 e. The number of primary amides is 1. The van der Waals surface area contributed by atoms with Crippen LogP contribution in [0.2, 0.25) is 0 Å². The molecule has 1 atom stereocenters. The van der Waals surface area contributed by atoms with Gasteiger partial charge in [0.05, 0.1) is 5.69 Å². The van der Waals surface area contributed by atoms with Gasteiger partial charge in [0.2, 0.25) is 5.91 Å². The van der Waals surface area contributed by atoms with E-state index in [1.54, 1.807) is 13.0 Å². The highest BCUT2D eigenvalue weighted by Crippen LogP contribution is 2.15. The minimum Gasteiger partial charge on any atom is -0.368 e. The van der Waals surface area contributed by atoms with E-state index in [2.05, 4.69) is 5.10 Å². The number of carbonyl (C=O) groups is 1. The lowest BCUT2D eigenvalue weighted by atomic mass is 10.0. The molecule has 21 heavy (non-hydrogen) atoms. The van der Waals surface area contributed by atoms with Gasteiger partial charge in [-0.3, -0.25) is 9.59 Å². The van der Waals surface area contributed by atoms with E-state index in [1.807, 2.05) is 32.8 Å². The largest absolute Gasteiger partial charge is 0.368 e. The first-order valence-electron chi connectivity index (χ1n) is 7.25. The van der Waals surface area contributed by atoms with Crippen LogP contribution in [-0.2, 0) is 11.2 Å². The van der Waals surface area contributed by atoms with E-state index in [0.29, 0.717) is 12.0 Å². The summed E-state index contributed by atoms with van der Waals surface area (Å²) in [6.45, 7) is 6.55. The molecule has 0 aromatic carbocycles. The first-order valence-corrected chi connectivity index (χ1v) is 7.25. The molecule has 0 saturated carbocycles. The standard InChI is InChI=1S/C15H26N4O2/c1-10(2)8-13(14(16)20)19-15(21)11(3)9-12(17-19)6-7-18(4)5/h9-10,13H,6-8H2,1-5H3,(H2,16,20)/t13-/m0/s1. The van der Waals surface area contributed by atoms with Crippen LogP contribution >= 0.6 is 0 Å². The fourth-order valence-corrected chi connectivity index (χ4v) is 2.16. The third kappa shape index (κ3) is 4.97. The zero-order valence-corrected chi connectivity index (χ0v) is 13.6. The average Bonchev–Trinajstić information content (AvgIpc) is 2.37. The number of carbonyl (C=O) groups excluding carboxylic acids is 1. The second kappa shape index (κ2) is 7.36. The summed E-state index contributed by atoms with van der Waals surface area (Å²) in [5.41, 5.74) is 6.61. The van der Waals surface area contributed by atoms with Crippen molar-refractivity contribution in [2.75, 3.05) is 20.6 Å². The number of aromatic nitrogens is 2. The molecule has 0 aliphatic rings. The van der Waals surface area contributed by atoms with E-state index < -0.39 is 11.9 Å². The third-order valence-corrected chi connectivity index (χ3v) is 3.30. The molecule has 0 saturated heterocycles. The molecule has 118 valence electrons. The maximum absolute atomic E-state index is 12.3.